The third-order valence-electron chi connectivity index (χ3n) is 20.1. The number of hydrogen-bond donors (Lipinski definition) is 9. The number of nitrogens with one attached hydrogen (secondary N) is 7. The van der Waals surface area contributed by atoms with E-state index < -0.39 is 101 Å². The Kier molecular flexibility index (Phi) is 55.3. The van der Waals surface area contributed by atoms with Gasteiger partial charge in [0.2, 0.25) is 23.7 Å². The molecule has 3 rings (SSSR count). The third-order valence-corrected chi connectivity index (χ3v) is 21.3. The highest BCUT2D eigenvalue weighted by Gasteiger charge is 2.32. The van der Waals surface area contributed by atoms with E-state index in [-0.39, 0.29) is 132 Å². The van der Waals surface area contributed by atoms with Crippen LogP contribution >= 0.6 is 11.8 Å². The minimum atomic E-state index is -1.32. The monoisotopic (exact) mass is 1780 g/mol. The van der Waals surface area contributed by atoms with Crippen LogP contribution in [-0.4, -0.2) is 212 Å². The molecule has 8 amide bonds. The fourth-order valence-corrected chi connectivity index (χ4v) is 14.5. The number of imidazole rings is 1. The van der Waals surface area contributed by atoms with E-state index in [1.54, 1.807) is 112 Å². The molecule has 0 saturated carbocycles. The summed E-state index contributed by atoms with van der Waals surface area (Å²) in [5, 5.41) is 30.6. The van der Waals surface area contributed by atoms with Gasteiger partial charge >= 0.3 is 36.3 Å². The molecular weight excluding hydrogens is 1620 g/mol. The number of rotatable bonds is 66. The minimum absolute atomic E-state index is 0.0381. The van der Waals surface area contributed by atoms with E-state index in [1.165, 1.54) is 130 Å². The van der Waals surface area contributed by atoms with Crippen molar-refractivity contribution >= 4 is 94.6 Å². The number of unbranched alkanes of at least 4 members (excludes halogenated alkanes) is 27. The van der Waals surface area contributed by atoms with Gasteiger partial charge < -0.3 is 86.3 Å². The van der Waals surface area contributed by atoms with Crippen LogP contribution in [0, 0.1) is 0 Å². The number of aromatic hydroxyl groups is 1. The zero-order valence-corrected chi connectivity index (χ0v) is 79.9. The molecule has 10 N–H and O–H groups in total. The summed E-state index contributed by atoms with van der Waals surface area (Å²) in [6.07, 6.45) is 31.0. The lowest BCUT2D eigenvalue weighted by Gasteiger charge is -2.29. The number of thioether (sulfide) groups is 1. The van der Waals surface area contributed by atoms with Gasteiger partial charge in [-0.2, -0.15) is 26.7 Å². The number of anilines is 2. The fraction of sp³-hybridized carbons (Fsp3) is 0.774. The van der Waals surface area contributed by atoms with E-state index in [0.717, 1.165) is 57.8 Å². The number of nitrogens with two attached hydrogens (primary N) is 1. The normalized spacial score (nSPS) is 12.4. The van der Waals surface area contributed by atoms with E-state index in [1.807, 2.05) is 0 Å². The quantitative estimate of drug-likeness (QED) is 0.0144. The molecule has 0 fully saturated rings. The van der Waals surface area contributed by atoms with Gasteiger partial charge in [-0.25, -0.2) is 19.2 Å². The molecule has 2 aromatic heterocycles. The highest BCUT2D eigenvalue weighted by Crippen LogP contribution is 2.27. The predicted octanol–water partition coefficient (Wildman–Crippen LogP) is 17.6. The second-order valence-electron chi connectivity index (χ2n) is 36.8. The van der Waals surface area contributed by atoms with Crippen molar-refractivity contribution in [2.24, 2.45) is 0 Å². The maximum Gasteiger partial charge on any atom is 0.410 e. The lowest BCUT2D eigenvalue weighted by molar-refractivity contribution is -0.157. The smallest absolute Gasteiger partial charge is 0.410 e. The Hall–Kier alpha value is -8.58. The predicted molar refractivity (Wildman–Crippen MR) is 495 cm³/mol. The number of esters is 2. The summed E-state index contributed by atoms with van der Waals surface area (Å²) in [5.41, 5.74) is 4.46. The van der Waals surface area contributed by atoms with Crippen LogP contribution < -0.4 is 43.0 Å². The first-order valence-electron chi connectivity index (χ1n) is 46.9. The zero-order chi connectivity index (χ0) is 92.5. The van der Waals surface area contributed by atoms with Crippen LogP contribution in [0.4, 0.5) is 30.9 Å². The Morgan fingerprint density at radius 2 is 0.928 bits per heavy atom. The third kappa shape index (κ3) is 54.3. The first kappa shape index (κ1) is 111. The van der Waals surface area contributed by atoms with Gasteiger partial charge in [-0.1, -0.05) is 193 Å². The van der Waals surface area contributed by atoms with Crippen molar-refractivity contribution in [3.05, 3.63) is 35.4 Å². The average Bonchev–Trinajstić information content (AvgIpc) is 1.63. The number of amides is 8. The number of fused-ring (bicyclic) bond motifs is 1. The van der Waals surface area contributed by atoms with Crippen LogP contribution in [0.1, 0.15) is 357 Å². The van der Waals surface area contributed by atoms with E-state index in [9.17, 15) is 53.1 Å². The van der Waals surface area contributed by atoms with Crippen molar-refractivity contribution < 1.29 is 81.5 Å². The molecule has 1 aromatic carbocycles. The van der Waals surface area contributed by atoms with E-state index >= 15 is 0 Å². The Labute approximate surface area is 751 Å². The van der Waals surface area contributed by atoms with E-state index in [4.69, 9.17) is 34.2 Å². The van der Waals surface area contributed by atoms with Crippen LogP contribution in [-0.2, 0) is 58.9 Å². The Morgan fingerprint density at radius 3 is 1.43 bits per heavy atom. The molecule has 0 saturated heterocycles. The van der Waals surface area contributed by atoms with Crippen LogP contribution in [0.25, 0.3) is 11.2 Å². The van der Waals surface area contributed by atoms with E-state index in [0.29, 0.717) is 62.2 Å². The lowest BCUT2D eigenvalue weighted by atomic mass is 10.0. The second-order valence-corrected chi connectivity index (χ2v) is 37.8. The molecule has 31 nitrogen and oxygen atoms in total. The number of carbonyl (C=O) groups excluding carboxylic acids is 10. The first-order chi connectivity index (χ1) is 59.4. The fourth-order valence-electron chi connectivity index (χ4n) is 13.5. The maximum absolute atomic E-state index is 14.9. The SMILES string of the molecule is CCCCCCCCCCCCCCCC(=O)OCC(CSC[C@H](NC(=O)OC(C)(C)C)C(=O)N[C@@H](CCCCNC(=O)CNC(=O)c1ccc(Cn2c(O)nc3c(N)nc(NCCCC)nc32)cc1)C(=O)NCCCN(CCCCN(CCCNC(=O)OC(C)(C)C)C(=O)OC(C)(C)C)C(=O)OC(C)(C)C)OC(=O)CCCCCCCCCCCCCCC. The Balaban J connectivity index is 1.83. The average molecular weight is 1780 g/mol. The summed E-state index contributed by atoms with van der Waals surface area (Å²) >= 11 is 1.18. The molecule has 0 spiro atoms. The summed E-state index contributed by atoms with van der Waals surface area (Å²) in [4.78, 5) is 152. The highest BCUT2D eigenvalue weighted by atomic mass is 32.2. The van der Waals surface area contributed by atoms with Crippen LogP contribution in [0.2, 0.25) is 0 Å². The van der Waals surface area contributed by atoms with Crippen LogP contribution in [0.15, 0.2) is 24.3 Å². The molecule has 3 atom stereocenters. The molecule has 3 aromatic rings. The molecule has 32 heteroatoms. The lowest BCUT2D eigenvalue weighted by Crippen LogP contribution is -2.55. The maximum atomic E-state index is 14.9. The van der Waals surface area contributed by atoms with Crippen molar-refractivity contribution in [1.29, 1.82) is 0 Å². The number of aromatic nitrogens is 4. The van der Waals surface area contributed by atoms with Gasteiger partial charge in [-0.15, -0.1) is 0 Å². The van der Waals surface area contributed by atoms with Gasteiger partial charge in [0.25, 0.3) is 11.9 Å². The molecule has 712 valence electrons. The Morgan fingerprint density at radius 1 is 0.464 bits per heavy atom. The summed E-state index contributed by atoms with van der Waals surface area (Å²) in [5.74, 6) is -2.76. The van der Waals surface area contributed by atoms with E-state index in [2.05, 4.69) is 72.9 Å². The van der Waals surface area contributed by atoms with Gasteiger partial charge in [0.15, 0.2) is 17.0 Å². The van der Waals surface area contributed by atoms with Crippen LogP contribution in [0.3, 0.4) is 0 Å². The summed E-state index contributed by atoms with van der Waals surface area (Å²) in [6.45, 7) is 29.0. The molecule has 0 aliphatic rings. The van der Waals surface area contributed by atoms with Gasteiger partial charge in [0.1, 0.15) is 47.2 Å². The number of nitrogen functional groups attached to an aromatic ring is 1. The van der Waals surface area contributed by atoms with Crippen molar-refractivity contribution in [2.75, 3.05) is 88.1 Å². The number of alkyl carbamates (subject to hydrolysis) is 2. The summed E-state index contributed by atoms with van der Waals surface area (Å²) in [7, 11) is 0. The van der Waals surface area contributed by atoms with Crippen molar-refractivity contribution in [3.8, 4) is 6.01 Å². The number of hydrogen-bond acceptors (Lipinski definition) is 23. The highest BCUT2D eigenvalue weighted by molar-refractivity contribution is 7.99. The van der Waals surface area contributed by atoms with Gasteiger partial charge in [0, 0.05) is 82.3 Å². The molecule has 0 aliphatic heterocycles. The van der Waals surface area contributed by atoms with Gasteiger partial charge in [-0.05, 0) is 165 Å². The number of benzene rings is 1. The minimum Gasteiger partial charge on any atom is -0.480 e. The Bertz CT molecular complexity index is 3600. The molecule has 2 heterocycles. The van der Waals surface area contributed by atoms with Crippen LogP contribution in [0.5, 0.6) is 6.01 Å². The second kappa shape index (κ2) is 62.6. The van der Waals surface area contributed by atoms with Crippen molar-refractivity contribution in [1.82, 2.24) is 61.2 Å². The standard InChI is InChI=1S/C93H162N14O17S/c1-16-19-22-24-26-28-30-32-34-36-38-40-42-51-76(109)119-67-72(120-77(110)52-43-41-39-37-35-33-31-29-27-25-23-20-17-2)68-125-69-74(101-87(116)122-91(7,8)9)83(113)100-73(50-44-45-58-95-75(108)65-99-81(111)71-55-53-70(54-56-71)66-107-80-78(102-85(107)114)79(94)103-84(104-80)97-57-21-18-3)82(112)96-59-48-63-105(88(117)123-92(10,11)12)61-46-47-62-106(89(118)124-93(13,14)15)64-49-60-98-86(115)121-90(4,5)6/h53-56,72-74H,16-52,57-69H2,1-15H3,(H,95,108)(H,96,112)(H,98,115)(H,99,111)(H,100,113)(H,101,116)(H,102,114)(H3,94,97,103,104)/t72?,73-,74-/m0/s1. The zero-order valence-electron chi connectivity index (χ0n) is 79.0. The number of carbonyl (C=O) groups is 10. The largest absolute Gasteiger partial charge is 0.480 e. The molecule has 1 unspecified atom stereocenters. The molecule has 125 heavy (non-hydrogen) atoms. The number of nitrogens with zero attached hydrogens (tertiary/aromatic N) is 6. The van der Waals surface area contributed by atoms with Crippen molar-refractivity contribution in [3.63, 3.8) is 0 Å². The molecule has 0 aliphatic carbocycles. The molecular formula is C93H162N14O17S. The van der Waals surface area contributed by atoms with Gasteiger partial charge in [0.05, 0.1) is 13.1 Å². The number of ether oxygens (including phenoxy) is 6. The van der Waals surface area contributed by atoms with Gasteiger partial charge in [-0.3, -0.25) is 33.3 Å². The summed E-state index contributed by atoms with van der Waals surface area (Å²) < 4.78 is 35.9. The van der Waals surface area contributed by atoms with Crippen molar-refractivity contribution in [2.45, 2.75) is 389 Å². The molecule has 0 bridgehead atoms. The molecule has 0 radical (unpaired) electrons. The topological polar surface area (TPSA) is 407 Å². The first-order valence-corrected chi connectivity index (χ1v) is 48.1. The summed E-state index contributed by atoms with van der Waals surface area (Å²) in [6, 6.07) is 3.74.